The monoisotopic (exact) mass is 327 g/mol. The summed E-state index contributed by atoms with van der Waals surface area (Å²) in [5.74, 6) is 0.425. The number of hydrogen-bond donors (Lipinski definition) is 2. The molecule has 0 aliphatic heterocycles. The summed E-state index contributed by atoms with van der Waals surface area (Å²) in [5.41, 5.74) is 6.67. The standard InChI is InChI=1S/C18H21N3O3/c1-14(22)21(16-10-8-15(19)9-11-16)18(23)20-12-5-13-24-17-6-3-2-4-7-17/h2-4,6-11H,5,12-13,19H2,1H3,(H,20,23). The smallest absolute Gasteiger partial charge is 0.328 e. The summed E-state index contributed by atoms with van der Waals surface area (Å²) < 4.78 is 5.55. The quantitative estimate of drug-likeness (QED) is 0.631. The number of imide groups is 1. The van der Waals surface area contributed by atoms with Gasteiger partial charge in [-0.15, -0.1) is 0 Å². The van der Waals surface area contributed by atoms with Gasteiger partial charge in [0.25, 0.3) is 0 Å². The van der Waals surface area contributed by atoms with Crippen LogP contribution in [-0.4, -0.2) is 25.1 Å². The molecular weight excluding hydrogens is 306 g/mol. The molecule has 2 aromatic carbocycles. The van der Waals surface area contributed by atoms with Crippen molar-refractivity contribution in [1.82, 2.24) is 5.32 Å². The van der Waals surface area contributed by atoms with E-state index in [2.05, 4.69) is 5.32 Å². The van der Waals surface area contributed by atoms with Crippen molar-refractivity contribution in [2.45, 2.75) is 13.3 Å². The van der Waals surface area contributed by atoms with Crippen LogP contribution in [0.15, 0.2) is 54.6 Å². The highest BCUT2D eigenvalue weighted by atomic mass is 16.5. The molecule has 3 amide bonds. The highest BCUT2D eigenvalue weighted by molar-refractivity contribution is 6.13. The van der Waals surface area contributed by atoms with Crippen LogP contribution in [0.1, 0.15) is 13.3 Å². The number of urea groups is 1. The lowest BCUT2D eigenvalue weighted by Crippen LogP contribution is -2.43. The summed E-state index contributed by atoms with van der Waals surface area (Å²) in [6, 6.07) is 15.5. The van der Waals surface area contributed by atoms with Gasteiger partial charge in [0.2, 0.25) is 5.91 Å². The Labute approximate surface area is 141 Å². The van der Waals surface area contributed by atoms with Crippen LogP contribution < -0.4 is 20.7 Å². The lowest BCUT2D eigenvalue weighted by molar-refractivity contribution is -0.115. The zero-order valence-electron chi connectivity index (χ0n) is 13.6. The Balaban J connectivity index is 1.81. The van der Waals surface area contributed by atoms with Gasteiger partial charge in [0.05, 0.1) is 12.3 Å². The number of para-hydroxylation sites is 1. The number of hydrogen-bond acceptors (Lipinski definition) is 4. The number of carbonyl (C=O) groups excluding carboxylic acids is 2. The molecule has 0 aliphatic rings. The molecule has 0 heterocycles. The molecule has 0 unspecified atom stereocenters. The van der Waals surface area contributed by atoms with Gasteiger partial charge < -0.3 is 15.8 Å². The second-order valence-electron chi connectivity index (χ2n) is 5.19. The fourth-order valence-corrected chi connectivity index (χ4v) is 2.12. The molecule has 6 heteroatoms. The van der Waals surface area contributed by atoms with Crippen LogP contribution >= 0.6 is 0 Å². The van der Waals surface area contributed by atoms with E-state index in [1.807, 2.05) is 30.3 Å². The van der Waals surface area contributed by atoms with Crippen LogP contribution in [0.4, 0.5) is 16.2 Å². The van der Waals surface area contributed by atoms with Crippen LogP contribution in [0.2, 0.25) is 0 Å². The Hall–Kier alpha value is -3.02. The first-order valence-electron chi connectivity index (χ1n) is 7.70. The molecule has 0 bridgehead atoms. The van der Waals surface area contributed by atoms with Crippen LogP contribution in [-0.2, 0) is 4.79 Å². The Morgan fingerprint density at radius 3 is 2.38 bits per heavy atom. The summed E-state index contributed by atoms with van der Waals surface area (Å²) in [6.45, 7) is 2.23. The van der Waals surface area contributed by atoms with Crippen LogP contribution in [0, 0.1) is 0 Å². The molecule has 0 atom stereocenters. The number of rotatable bonds is 6. The molecule has 0 spiro atoms. The summed E-state index contributed by atoms with van der Waals surface area (Å²) in [6.07, 6.45) is 0.633. The first kappa shape index (κ1) is 17.3. The average Bonchev–Trinajstić information content (AvgIpc) is 2.57. The zero-order chi connectivity index (χ0) is 17.4. The maximum Gasteiger partial charge on any atom is 0.328 e. The molecule has 0 saturated heterocycles. The fraction of sp³-hybridized carbons (Fsp3) is 0.222. The van der Waals surface area contributed by atoms with E-state index in [9.17, 15) is 9.59 Å². The average molecular weight is 327 g/mol. The highest BCUT2D eigenvalue weighted by Gasteiger charge is 2.19. The maximum absolute atomic E-state index is 12.2. The Morgan fingerprint density at radius 2 is 1.75 bits per heavy atom. The number of carbonyl (C=O) groups is 2. The molecular formula is C18H21N3O3. The zero-order valence-corrected chi connectivity index (χ0v) is 13.6. The molecule has 126 valence electrons. The maximum atomic E-state index is 12.2. The Bertz CT molecular complexity index is 672. The van der Waals surface area contributed by atoms with E-state index < -0.39 is 6.03 Å². The first-order valence-corrected chi connectivity index (χ1v) is 7.70. The molecule has 0 aliphatic carbocycles. The lowest BCUT2D eigenvalue weighted by atomic mass is 10.2. The number of nitrogens with zero attached hydrogens (tertiary/aromatic N) is 1. The largest absolute Gasteiger partial charge is 0.494 e. The summed E-state index contributed by atoms with van der Waals surface area (Å²) in [7, 11) is 0. The van der Waals surface area contributed by atoms with E-state index in [0.717, 1.165) is 10.6 Å². The van der Waals surface area contributed by atoms with Crippen LogP contribution in [0.25, 0.3) is 0 Å². The van der Waals surface area contributed by atoms with Gasteiger partial charge in [-0.3, -0.25) is 4.79 Å². The van der Waals surface area contributed by atoms with E-state index >= 15 is 0 Å². The van der Waals surface area contributed by atoms with Gasteiger partial charge in [0.1, 0.15) is 5.75 Å². The molecule has 6 nitrogen and oxygen atoms in total. The van der Waals surface area contributed by atoms with Crippen LogP contribution in [0.5, 0.6) is 5.75 Å². The van der Waals surface area contributed by atoms with Gasteiger partial charge in [-0.25, -0.2) is 9.69 Å². The Kier molecular flexibility index (Phi) is 6.19. The Morgan fingerprint density at radius 1 is 1.08 bits per heavy atom. The molecule has 2 rings (SSSR count). The van der Waals surface area contributed by atoms with Crippen molar-refractivity contribution in [3.05, 3.63) is 54.6 Å². The predicted octanol–water partition coefficient (Wildman–Crippen LogP) is 2.80. The number of nitrogens with two attached hydrogens (primary N) is 1. The molecule has 24 heavy (non-hydrogen) atoms. The topological polar surface area (TPSA) is 84.7 Å². The highest BCUT2D eigenvalue weighted by Crippen LogP contribution is 2.16. The van der Waals surface area contributed by atoms with Gasteiger partial charge in [-0.2, -0.15) is 0 Å². The van der Waals surface area contributed by atoms with E-state index in [1.165, 1.54) is 6.92 Å². The molecule has 0 aromatic heterocycles. The van der Waals surface area contributed by atoms with Gasteiger partial charge >= 0.3 is 6.03 Å². The van der Waals surface area contributed by atoms with Crippen molar-refractivity contribution in [1.29, 1.82) is 0 Å². The van der Waals surface area contributed by atoms with E-state index in [-0.39, 0.29) is 5.91 Å². The molecule has 2 aromatic rings. The molecule has 3 N–H and O–H groups in total. The SMILES string of the molecule is CC(=O)N(C(=O)NCCCOc1ccccc1)c1ccc(N)cc1. The number of amides is 3. The third-order valence-corrected chi connectivity index (χ3v) is 3.28. The number of nitrogen functional groups attached to an aromatic ring is 1. The predicted molar refractivity (Wildman–Crippen MR) is 94.0 cm³/mol. The minimum Gasteiger partial charge on any atom is -0.494 e. The van der Waals surface area contributed by atoms with Crippen LogP contribution in [0.3, 0.4) is 0 Å². The van der Waals surface area contributed by atoms with Crippen molar-refractivity contribution in [3.63, 3.8) is 0 Å². The van der Waals surface area contributed by atoms with E-state index in [0.29, 0.717) is 30.9 Å². The third kappa shape index (κ3) is 5.01. The molecule has 0 radical (unpaired) electrons. The number of ether oxygens (including phenoxy) is 1. The van der Waals surface area contributed by atoms with Gasteiger partial charge in [-0.05, 0) is 42.8 Å². The number of anilines is 2. The van der Waals surface area contributed by atoms with Gasteiger partial charge in [0, 0.05) is 19.2 Å². The lowest BCUT2D eigenvalue weighted by Gasteiger charge is -2.20. The minimum absolute atomic E-state index is 0.363. The summed E-state index contributed by atoms with van der Waals surface area (Å²) >= 11 is 0. The van der Waals surface area contributed by atoms with Crippen molar-refractivity contribution in [3.8, 4) is 5.75 Å². The van der Waals surface area contributed by atoms with E-state index in [1.54, 1.807) is 24.3 Å². The first-order chi connectivity index (χ1) is 11.6. The minimum atomic E-state index is -0.466. The summed E-state index contributed by atoms with van der Waals surface area (Å²) in [5, 5.41) is 2.72. The molecule has 0 fully saturated rings. The van der Waals surface area contributed by atoms with Crippen molar-refractivity contribution in [2.24, 2.45) is 0 Å². The van der Waals surface area contributed by atoms with Crippen molar-refractivity contribution >= 4 is 23.3 Å². The van der Waals surface area contributed by atoms with Gasteiger partial charge in [-0.1, -0.05) is 18.2 Å². The van der Waals surface area contributed by atoms with Crippen molar-refractivity contribution < 1.29 is 14.3 Å². The summed E-state index contributed by atoms with van der Waals surface area (Å²) in [4.78, 5) is 25.1. The second-order valence-corrected chi connectivity index (χ2v) is 5.19. The second kappa shape index (κ2) is 8.57. The number of benzene rings is 2. The normalized spacial score (nSPS) is 10.0. The molecule has 0 saturated carbocycles. The number of nitrogens with one attached hydrogen (secondary N) is 1. The van der Waals surface area contributed by atoms with E-state index in [4.69, 9.17) is 10.5 Å². The third-order valence-electron chi connectivity index (χ3n) is 3.28. The fourth-order valence-electron chi connectivity index (χ4n) is 2.12. The van der Waals surface area contributed by atoms with Crippen molar-refractivity contribution in [2.75, 3.05) is 23.8 Å². The van der Waals surface area contributed by atoms with Gasteiger partial charge in [0.15, 0.2) is 0 Å².